The summed E-state index contributed by atoms with van der Waals surface area (Å²) in [6.07, 6.45) is 16.1. The van der Waals surface area contributed by atoms with E-state index in [1.54, 1.807) is 17.0 Å². The van der Waals surface area contributed by atoms with E-state index in [0.29, 0.717) is 50.6 Å². The predicted molar refractivity (Wildman–Crippen MR) is 139 cm³/mol. The van der Waals surface area contributed by atoms with E-state index in [4.69, 9.17) is 4.42 Å². The zero-order valence-corrected chi connectivity index (χ0v) is 21.9. The molecule has 0 radical (unpaired) electrons. The third-order valence-electron chi connectivity index (χ3n) is 7.65. The summed E-state index contributed by atoms with van der Waals surface area (Å²) in [4.78, 5) is 40.9. The van der Waals surface area contributed by atoms with Crippen molar-refractivity contribution >= 4 is 17.6 Å². The molecule has 7 nitrogen and oxygen atoms in total. The number of aliphatic hydroxyl groups excluding tert-OH is 1. The van der Waals surface area contributed by atoms with Gasteiger partial charge in [-0.15, -0.1) is 0 Å². The summed E-state index contributed by atoms with van der Waals surface area (Å²) < 4.78 is 5.19. The Morgan fingerprint density at radius 1 is 1.08 bits per heavy atom. The van der Waals surface area contributed by atoms with E-state index in [2.05, 4.69) is 13.0 Å². The topological polar surface area (TPSA) is 91.1 Å². The fraction of sp³-hybridized carbons (Fsp3) is 0.690. The lowest BCUT2D eigenvalue weighted by atomic mass is 9.89. The maximum atomic E-state index is 12.6. The van der Waals surface area contributed by atoms with E-state index in [9.17, 15) is 19.5 Å². The van der Waals surface area contributed by atoms with Gasteiger partial charge >= 0.3 is 0 Å². The predicted octanol–water partition coefficient (Wildman–Crippen LogP) is 5.00. The summed E-state index contributed by atoms with van der Waals surface area (Å²) in [5.74, 6) is 1.10. The van der Waals surface area contributed by atoms with Crippen LogP contribution in [-0.4, -0.2) is 64.8 Å². The number of carbonyl (C=O) groups is 3. The highest BCUT2D eigenvalue weighted by Crippen LogP contribution is 2.34. The minimum absolute atomic E-state index is 0.0888. The van der Waals surface area contributed by atoms with Gasteiger partial charge in [-0.3, -0.25) is 14.4 Å². The second kappa shape index (κ2) is 15.0. The van der Waals surface area contributed by atoms with E-state index in [-0.39, 0.29) is 23.7 Å². The number of hydrogen-bond acceptors (Lipinski definition) is 5. The van der Waals surface area contributed by atoms with Gasteiger partial charge in [-0.2, -0.15) is 0 Å². The number of piperazine rings is 1. The smallest absolute Gasteiger partial charge is 0.289 e. The van der Waals surface area contributed by atoms with Crippen LogP contribution in [0.1, 0.15) is 94.5 Å². The first-order chi connectivity index (χ1) is 17.5. The van der Waals surface area contributed by atoms with E-state index in [0.717, 1.165) is 64.2 Å². The van der Waals surface area contributed by atoms with Crippen molar-refractivity contribution in [3.05, 3.63) is 36.3 Å². The molecule has 0 spiro atoms. The summed E-state index contributed by atoms with van der Waals surface area (Å²) >= 11 is 0. The number of allylic oxidation sites excluding steroid dienone is 1. The number of rotatable bonds is 14. The van der Waals surface area contributed by atoms with Gasteiger partial charge in [0, 0.05) is 44.9 Å². The minimum Gasteiger partial charge on any atom is -0.459 e. The number of ketones is 1. The van der Waals surface area contributed by atoms with Gasteiger partial charge in [-0.05, 0) is 43.7 Å². The van der Waals surface area contributed by atoms with Crippen LogP contribution in [0.3, 0.4) is 0 Å². The number of Topliss-reactive ketones (excluding diaryl/α,β-unsaturated/α-hetero) is 1. The van der Waals surface area contributed by atoms with Crippen molar-refractivity contribution in [1.29, 1.82) is 0 Å². The normalized spacial score (nSPS) is 21.4. The van der Waals surface area contributed by atoms with E-state index in [1.807, 2.05) is 11.0 Å². The van der Waals surface area contributed by atoms with Crippen LogP contribution < -0.4 is 0 Å². The van der Waals surface area contributed by atoms with Crippen molar-refractivity contribution in [2.75, 3.05) is 26.2 Å². The molecule has 7 heteroatoms. The Kier molecular flexibility index (Phi) is 11.7. The molecular weight excluding hydrogens is 456 g/mol. The van der Waals surface area contributed by atoms with Crippen molar-refractivity contribution < 1.29 is 23.9 Å². The van der Waals surface area contributed by atoms with Gasteiger partial charge in [0.05, 0.1) is 12.4 Å². The molecule has 2 amide bonds. The molecule has 200 valence electrons. The van der Waals surface area contributed by atoms with Gasteiger partial charge in [0.25, 0.3) is 5.91 Å². The summed E-state index contributed by atoms with van der Waals surface area (Å²) in [6.45, 7) is 4.36. The van der Waals surface area contributed by atoms with Crippen molar-refractivity contribution in [1.82, 2.24) is 9.80 Å². The van der Waals surface area contributed by atoms with Crippen LogP contribution in [0.15, 0.2) is 35.0 Å². The maximum Gasteiger partial charge on any atom is 0.289 e. The molecule has 1 aromatic rings. The second-order valence-electron chi connectivity index (χ2n) is 10.3. The van der Waals surface area contributed by atoms with Crippen molar-refractivity contribution in [3.8, 4) is 0 Å². The van der Waals surface area contributed by atoms with Crippen LogP contribution in [0.25, 0.3) is 0 Å². The van der Waals surface area contributed by atoms with Crippen molar-refractivity contribution in [2.45, 2.75) is 90.1 Å². The Labute approximate surface area is 215 Å². The average molecular weight is 501 g/mol. The number of hydrogen-bond donors (Lipinski definition) is 1. The fourth-order valence-corrected chi connectivity index (χ4v) is 5.38. The van der Waals surface area contributed by atoms with Gasteiger partial charge in [-0.1, -0.05) is 57.6 Å². The fourth-order valence-electron chi connectivity index (χ4n) is 5.38. The molecule has 2 aliphatic rings. The molecule has 1 N–H and O–H groups in total. The first-order valence-corrected chi connectivity index (χ1v) is 14.0. The molecule has 0 aromatic carbocycles. The largest absolute Gasteiger partial charge is 0.459 e. The van der Waals surface area contributed by atoms with Crippen molar-refractivity contribution in [3.63, 3.8) is 0 Å². The van der Waals surface area contributed by atoms with Crippen LogP contribution in [0.4, 0.5) is 0 Å². The molecule has 3 rings (SSSR count). The Balaban J connectivity index is 1.27. The first-order valence-electron chi connectivity index (χ1n) is 14.0. The average Bonchev–Trinajstić information content (AvgIpc) is 3.55. The number of nitrogens with zero attached hydrogens (tertiary/aromatic N) is 2. The first kappa shape index (κ1) is 28.2. The molecule has 36 heavy (non-hydrogen) atoms. The molecule has 3 atom stereocenters. The van der Waals surface area contributed by atoms with Crippen LogP contribution in [0, 0.1) is 11.8 Å². The summed E-state index contributed by atoms with van der Waals surface area (Å²) in [6, 6.07) is 3.37. The molecule has 2 fully saturated rings. The van der Waals surface area contributed by atoms with Gasteiger partial charge in [0.15, 0.2) is 5.76 Å². The molecule has 1 saturated heterocycles. The maximum absolute atomic E-state index is 12.6. The Bertz CT molecular complexity index is 842. The standard InChI is InChI=1S/C29H44N2O5/c1-2-3-6-10-24(32)16-14-23-15-17-26(33)25(23)11-7-4-5-8-13-28(34)30-18-20-31(21-19-30)29(35)27-12-9-22-36-27/h9,12,14,16,22-25,32H,2-8,10-11,13,15,17-21H2,1H3/t23-,24-,25-/m1/s1. The highest BCUT2D eigenvalue weighted by atomic mass is 16.3. The van der Waals surface area contributed by atoms with E-state index in [1.165, 1.54) is 6.26 Å². The molecule has 0 bridgehead atoms. The molecule has 0 unspecified atom stereocenters. The molecule has 1 aliphatic carbocycles. The van der Waals surface area contributed by atoms with Gasteiger partial charge in [0.2, 0.25) is 5.91 Å². The molecular formula is C29H44N2O5. The third-order valence-corrected chi connectivity index (χ3v) is 7.65. The Morgan fingerprint density at radius 3 is 2.56 bits per heavy atom. The van der Waals surface area contributed by atoms with Gasteiger partial charge in [-0.25, -0.2) is 0 Å². The number of amides is 2. The third kappa shape index (κ3) is 8.61. The van der Waals surface area contributed by atoms with E-state index >= 15 is 0 Å². The van der Waals surface area contributed by atoms with Crippen LogP contribution in [-0.2, 0) is 9.59 Å². The van der Waals surface area contributed by atoms with E-state index < -0.39 is 6.10 Å². The molecule has 1 aromatic heterocycles. The minimum atomic E-state index is -0.398. The summed E-state index contributed by atoms with van der Waals surface area (Å²) in [5.41, 5.74) is 0. The molecule has 1 saturated carbocycles. The number of furan rings is 1. The molecule has 1 aliphatic heterocycles. The number of unbranched alkanes of at least 4 members (excludes halogenated alkanes) is 5. The second-order valence-corrected chi connectivity index (χ2v) is 10.3. The lowest BCUT2D eigenvalue weighted by molar-refractivity contribution is -0.132. The highest BCUT2D eigenvalue weighted by molar-refractivity contribution is 5.91. The monoisotopic (exact) mass is 500 g/mol. The van der Waals surface area contributed by atoms with Gasteiger partial charge in [0.1, 0.15) is 5.78 Å². The van der Waals surface area contributed by atoms with Crippen molar-refractivity contribution in [2.24, 2.45) is 11.8 Å². The SMILES string of the molecule is CCCCC[C@@H](O)C=C[C@@H]1CCC(=O)[C@@H]1CCCCCCC(=O)N1CCN(C(=O)c2ccco2)CC1. The summed E-state index contributed by atoms with van der Waals surface area (Å²) in [5, 5.41) is 10.2. The van der Waals surface area contributed by atoms with Crippen LogP contribution in [0.5, 0.6) is 0 Å². The number of carbonyl (C=O) groups excluding carboxylic acids is 3. The lowest BCUT2D eigenvalue weighted by Crippen LogP contribution is -2.50. The van der Waals surface area contributed by atoms with Crippen LogP contribution >= 0.6 is 0 Å². The Morgan fingerprint density at radius 2 is 1.83 bits per heavy atom. The zero-order chi connectivity index (χ0) is 25.8. The van der Waals surface area contributed by atoms with Gasteiger partial charge < -0.3 is 19.3 Å². The lowest BCUT2D eigenvalue weighted by Gasteiger charge is -2.34. The number of aliphatic hydroxyl groups is 1. The summed E-state index contributed by atoms with van der Waals surface area (Å²) in [7, 11) is 0. The van der Waals surface area contributed by atoms with Crippen LogP contribution in [0.2, 0.25) is 0 Å². The molecule has 2 heterocycles. The quantitative estimate of drug-likeness (QED) is 0.287. The zero-order valence-electron chi connectivity index (χ0n) is 21.9. The highest BCUT2D eigenvalue weighted by Gasteiger charge is 2.32. The Hall–Kier alpha value is -2.41.